The molecule has 0 aromatic carbocycles. The highest BCUT2D eigenvalue weighted by molar-refractivity contribution is 5.74. The Morgan fingerprint density at radius 2 is 1.96 bits per heavy atom. The molecule has 2 amide bonds. The van der Waals surface area contributed by atoms with Crippen molar-refractivity contribution in [3.05, 3.63) is 0 Å². The average Bonchev–Trinajstić information content (AvgIpc) is 2.43. The summed E-state index contributed by atoms with van der Waals surface area (Å²) < 4.78 is 0. The van der Waals surface area contributed by atoms with Crippen molar-refractivity contribution in [2.45, 2.75) is 52.2 Å². The first-order valence-electron chi connectivity index (χ1n) is 8.77. The lowest BCUT2D eigenvalue weighted by molar-refractivity contribution is 0.128. The summed E-state index contributed by atoms with van der Waals surface area (Å²) >= 11 is 0. The second-order valence-corrected chi connectivity index (χ2v) is 7.96. The van der Waals surface area contributed by atoms with E-state index in [1.165, 1.54) is 0 Å². The van der Waals surface area contributed by atoms with Gasteiger partial charge in [-0.05, 0) is 45.7 Å². The molecule has 1 fully saturated rings. The molecule has 0 aromatic rings. The standard InChI is InChI=1S/C17H36N4O2/c1-14(22)12-17(2,3)13-18-16(23)19-15-6-8-21(9-7-15)11-10-20(4)5/h14-15,22H,6-13H2,1-5H3,(H2,18,19,23). The fourth-order valence-corrected chi connectivity index (χ4v) is 3.07. The summed E-state index contributed by atoms with van der Waals surface area (Å²) in [6, 6.07) is 0.181. The Morgan fingerprint density at radius 3 is 2.48 bits per heavy atom. The molecular weight excluding hydrogens is 292 g/mol. The van der Waals surface area contributed by atoms with Crippen molar-refractivity contribution >= 4 is 6.03 Å². The lowest BCUT2D eigenvalue weighted by atomic mass is 9.87. The van der Waals surface area contributed by atoms with E-state index in [-0.39, 0.29) is 23.6 Å². The molecule has 0 aliphatic carbocycles. The maximum absolute atomic E-state index is 12.0. The van der Waals surface area contributed by atoms with E-state index in [2.05, 4.69) is 48.4 Å². The second-order valence-electron chi connectivity index (χ2n) is 7.96. The van der Waals surface area contributed by atoms with Crippen molar-refractivity contribution in [3.63, 3.8) is 0 Å². The molecule has 1 aliphatic rings. The Morgan fingerprint density at radius 1 is 1.35 bits per heavy atom. The second kappa shape index (κ2) is 9.45. The topological polar surface area (TPSA) is 67.8 Å². The number of hydrogen-bond acceptors (Lipinski definition) is 4. The smallest absolute Gasteiger partial charge is 0.315 e. The van der Waals surface area contributed by atoms with E-state index in [1.807, 2.05) is 0 Å². The van der Waals surface area contributed by atoms with Gasteiger partial charge in [0.15, 0.2) is 0 Å². The number of urea groups is 1. The van der Waals surface area contributed by atoms with Gasteiger partial charge in [-0.15, -0.1) is 0 Å². The van der Waals surface area contributed by atoms with Crippen molar-refractivity contribution in [1.82, 2.24) is 20.4 Å². The Balaban J connectivity index is 2.21. The first-order chi connectivity index (χ1) is 10.7. The molecule has 136 valence electrons. The van der Waals surface area contributed by atoms with Crippen LogP contribution in [0.5, 0.6) is 0 Å². The number of aliphatic hydroxyl groups excluding tert-OH is 1. The number of carbonyl (C=O) groups excluding carboxylic acids is 1. The zero-order valence-electron chi connectivity index (χ0n) is 15.6. The van der Waals surface area contributed by atoms with Crippen LogP contribution in [0.4, 0.5) is 4.79 Å². The van der Waals surface area contributed by atoms with Crippen LogP contribution >= 0.6 is 0 Å². The summed E-state index contributed by atoms with van der Waals surface area (Å²) in [6.07, 6.45) is 2.36. The minimum absolute atomic E-state index is 0.0876. The summed E-state index contributed by atoms with van der Waals surface area (Å²) in [5, 5.41) is 15.5. The first-order valence-corrected chi connectivity index (χ1v) is 8.77. The number of amides is 2. The van der Waals surface area contributed by atoms with E-state index < -0.39 is 0 Å². The van der Waals surface area contributed by atoms with Gasteiger partial charge < -0.3 is 25.5 Å². The zero-order chi connectivity index (χ0) is 17.5. The number of piperidine rings is 1. The minimum Gasteiger partial charge on any atom is -0.393 e. The summed E-state index contributed by atoms with van der Waals surface area (Å²) in [5.41, 5.74) is -0.0962. The van der Waals surface area contributed by atoms with Gasteiger partial charge in [-0.25, -0.2) is 4.79 Å². The van der Waals surface area contributed by atoms with Crippen molar-refractivity contribution < 1.29 is 9.90 Å². The number of aliphatic hydroxyl groups is 1. The third kappa shape index (κ3) is 9.13. The van der Waals surface area contributed by atoms with Gasteiger partial charge in [0, 0.05) is 38.8 Å². The number of carbonyl (C=O) groups is 1. The van der Waals surface area contributed by atoms with Crippen LogP contribution in [-0.4, -0.2) is 79.9 Å². The molecule has 0 spiro atoms. The van der Waals surface area contributed by atoms with Gasteiger partial charge in [-0.1, -0.05) is 13.8 Å². The maximum Gasteiger partial charge on any atom is 0.315 e. The highest BCUT2D eigenvalue weighted by atomic mass is 16.3. The zero-order valence-corrected chi connectivity index (χ0v) is 15.6. The molecule has 1 unspecified atom stereocenters. The predicted molar refractivity (Wildman–Crippen MR) is 94.6 cm³/mol. The molecule has 6 nitrogen and oxygen atoms in total. The Kier molecular flexibility index (Phi) is 8.29. The van der Waals surface area contributed by atoms with Crippen LogP contribution in [0.2, 0.25) is 0 Å². The monoisotopic (exact) mass is 328 g/mol. The number of nitrogens with zero attached hydrogens (tertiary/aromatic N) is 2. The van der Waals surface area contributed by atoms with Crippen molar-refractivity contribution in [1.29, 1.82) is 0 Å². The van der Waals surface area contributed by atoms with E-state index >= 15 is 0 Å². The van der Waals surface area contributed by atoms with Gasteiger partial charge in [0.2, 0.25) is 0 Å². The molecule has 23 heavy (non-hydrogen) atoms. The summed E-state index contributed by atoms with van der Waals surface area (Å²) in [7, 11) is 4.19. The number of hydrogen-bond donors (Lipinski definition) is 3. The number of likely N-dealkylation sites (N-methyl/N-ethyl adjacent to an activating group) is 1. The molecule has 1 rings (SSSR count). The third-order valence-corrected chi connectivity index (χ3v) is 4.36. The molecule has 1 aliphatic heterocycles. The van der Waals surface area contributed by atoms with Gasteiger partial charge in [0.25, 0.3) is 0 Å². The van der Waals surface area contributed by atoms with Crippen LogP contribution in [0, 0.1) is 5.41 Å². The molecule has 0 aromatic heterocycles. The number of rotatable bonds is 8. The SMILES string of the molecule is CC(O)CC(C)(C)CNC(=O)NC1CCN(CCN(C)C)CC1. The van der Waals surface area contributed by atoms with Crippen LogP contribution in [-0.2, 0) is 0 Å². The Hall–Kier alpha value is -0.850. The summed E-state index contributed by atoms with van der Waals surface area (Å²) in [5.74, 6) is 0. The van der Waals surface area contributed by atoms with E-state index in [4.69, 9.17) is 0 Å². The molecule has 0 bridgehead atoms. The molecule has 1 saturated heterocycles. The molecule has 0 saturated carbocycles. The lowest BCUT2D eigenvalue weighted by Gasteiger charge is -2.33. The fourth-order valence-electron chi connectivity index (χ4n) is 3.07. The highest BCUT2D eigenvalue weighted by Crippen LogP contribution is 2.21. The molecular formula is C17H36N4O2. The molecule has 1 atom stereocenters. The lowest BCUT2D eigenvalue weighted by Crippen LogP contribution is -2.50. The van der Waals surface area contributed by atoms with Crippen LogP contribution in [0.3, 0.4) is 0 Å². The third-order valence-electron chi connectivity index (χ3n) is 4.36. The largest absolute Gasteiger partial charge is 0.393 e. The van der Waals surface area contributed by atoms with Crippen molar-refractivity contribution in [2.24, 2.45) is 5.41 Å². The number of nitrogens with one attached hydrogen (secondary N) is 2. The van der Waals surface area contributed by atoms with Crippen molar-refractivity contribution in [3.8, 4) is 0 Å². The molecule has 6 heteroatoms. The molecule has 1 heterocycles. The predicted octanol–water partition coefficient (Wildman–Crippen LogP) is 1.11. The van der Waals surface area contributed by atoms with E-state index in [9.17, 15) is 9.90 Å². The summed E-state index contributed by atoms with van der Waals surface area (Å²) in [6.45, 7) is 10.7. The Bertz CT molecular complexity index is 351. The maximum atomic E-state index is 12.0. The first kappa shape index (κ1) is 20.2. The fraction of sp³-hybridized carbons (Fsp3) is 0.941. The van der Waals surface area contributed by atoms with Gasteiger partial charge in [0.1, 0.15) is 0 Å². The van der Waals surface area contributed by atoms with Gasteiger partial charge in [-0.2, -0.15) is 0 Å². The van der Waals surface area contributed by atoms with Gasteiger partial charge in [0.05, 0.1) is 6.10 Å². The van der Waals surface area contributed by atoms with E-state index in [0.29, 0.717) is 13.0 Å². The minimum atomic E-state index is -0.346. The number of likely N-dealkylation sites (tertiary alicyclic amines) is 1. The molecule has 3 N–H and O–H groups in total. The van der Waals surface area contributed by atoms with E-state index in [1.54, 1.807) is 6.92 Å². The normalized spacial score (nSPS) is 18.9. The summed E-state index contributed by atoms with van der Waals surface area (Å²) in [4.78, 5) is 16.7. The van der Waals surface area contributed by atoms with Crippen LogP contribution in [0.25, 0.3) is 0 Å². The van der Waals surface area contributed by atoms with Gasteiger partial charge >= 0.3 is 6.03 Å². The van der Waals surface area contributed by atoms with Crippen LogP contribution in [0.15, 0.2) is 0 Å². The van der Waals surface area contributed by atoms with Crippen LogP contribution in [0.1, 0.15) is 40.0 Å². The van der Waals surface area contributed by atoms with Crippen LogP contribution < -0.4 is 10.6 Å². The Labute approximate surface area is 141 Å². The highest BCUT2D eigenvalue weighted by Gasteiger charge is 2.23. The quantitative estimate of drug-likeness (QED) is 0.624. The molecule has 0 radical (unpaired) electrons. The van der Waals surface area contributed by atoms with E-state index in [0.717, 1.165) is 39.0 Å². The van der Waals surface area contributed by atoms with Crippen molar-refractivity contribution in [2.75, 3.05) is 46.8 Å². The average molecular weight is 329 g/mol. The van der Waals surface area contributed by atoms with Gasteiger partial charge in [-0.3, -0.25) is 0 Å².